The molecule has 8 heteroatoms. The van der Waals surface area contributed by atoms with Gasteiger partial charge in [0.1, 0.15) is 0 Å². The summed E-state index contributed by atoms with van der Waals surface area (Å²) >= 11 is 0. The first-order valence-corrected chi connectivity index (χ1v) is 7.01. The lowest BCUT2D eigenvalue weighted by Gasteiger charge is -2.13. The van der Waals surface area contributed by atoms with Gasteiger partial charge in [-0.25, -0.2) is 8.42 Å². The number of hydrogen-bond acceptors (Lipinski definition) is 3. The van der Waals surface area contributed by atoms with Crippen molar-refractivity contribution in [2.45, 2.75) is 24.4 Å². The minimum absolute atomic E-state index is 0.199. The molecule has 0 saturated carbocycles. The molecule has 1 aromatic rings. The molecule has 3 nitrogen and oxygen atoms in total. The minimum atomic E-state index is -4.89. The quantitative estimate of drug-likeness (QED) is 0.788. The second-order valence-corrected chi connectivity index (χ2v) is 5.94. The van der Waals surface area contributed by atoms with Gasteiger partial charge in [0, 0.05) is 10.7 Å². The summed E-state index contributed by atoms with van der Waals surface area (Å²) in [6.07, 6.45) is -4.67. The van der Waals surface area contributed by atoms with Gasteiger partial charge in [-0.2, -0.15) is 18.4 Å². The fourth-order valence-electron chi connectivity index (χ4n) is 1.44. The molecule has 0 bridgehead atoms. The highest BCUT2D eigenvalue weighted by Crippen LogP contribution is 2.37. The zero-order valence-corrected chi connectivity index (χ0v) is 10.6. The van der Waals surface area contributed by atoms with E-state index >= 15 is 0 Å². The van der Waals surface area contributed by atoms with Gasteiger partial charge in [-0.1, -0.05) is 6.92 Å². The van der Waals surface area contributed by atoms with Crippen LogP contribution in [0.5, 0.6) is 0 Å². The number of rotatable bonds is 2. The average molecular weight is 298 g/mol. The van der Waals surface area contributed by atoms with Crippen molar-refractivity contribution in [1.29, 1.82) is 5.26 Å². The van der Waals surface area contributed by atoms with E-state index in [-0.39, 0.29) is 17.5 Å². The van der Waals surface area contributed by atoms with Gasteiger partial charge < -0.3 is 0 Å². The topological polar surface area (TPSA) is 57.9 Å². The van der Waals surface area contributed by atoms with E-state index in [0.29, 0.717) is 6.07 Å². The monoisotopic (exact) mass is 297 g/mol. The molecule has 0 aliphatic rings. The van der Waals surface area contributed by atoms with Gasteiger partial charge in [0.25, 0.3) is 9.05 Å². The SMILES string of the molecule is CCc1cc(S(=O)(=O)Cl)c(C(F)(F)F)cc1C#N. The molecule has 18 heavy (non-hydrogen) atoms. The highest BCUT2D eigenvalue weighted by atomic mass is 35.7. The van der Waals surface area contributed by atoms with Crippen LogP contribution >= 0.6 is 10.7 Å². The van der Waals surface area contributed by atoms with Crippen LogP contribution in [-0.2, 0) is 21.6 Å². The minimum Gasteiger partial charge on any atom is -0.207 e. The molecule has 0 aromatic heterocycles. The van der Waals surface area contributed by atoms with Crippen molar-refractivity contribution < 1.29 is 21.6 Å². The average Bonchev–Trinajstić information content (AvgIpc) is 2.24. The van der Waals surface area contributed by atoms with Crippen molar-refractivity contribution in [3.05, 3.63) is 28.8 Å². The van der Waals surface area contributed by atoms with Crippen molar-refractivity contribution >= 4 is 19.7 Å². The number of aryl methyl sites for hydroxylation is 1. The predicted octanol–water partition coefficient (Wildman–Crippen LogP) is 3.07. The lowest BCUT2D eigenvalue weighted by molar-refractivity contribution is -0.139. The molecule has 0 aliphatic carbocycles. The predicted molar refractivity (Wildman–Crippen MR) is 58.6 cm³/mol. The third-order valence-electron chi connectivity index (χ3n) is 2.27. The zero-order chi connectivity index (χ0) is 14.1. The fraction of sp³-hybridized carbons (Fsp3) is 0.300. The molecule has 0 amide bonds. The maximum Gasteiger partial charge on any atom is 0.417 e. The number of nitriles is 1. The Hall–Kier alpha value is -1.26. The highest BCUT2D eigenvalue weighted by molar-refractivity contribution is 8.13. The molecule has 98 valence electrons. The second kappa shape index (κ2) is 4.78. The first-order valence-electron chi connectivity index (χ1n) is 4.70. The van der Waals surface area contributed by atoms with Crippen molar-refractivity contribution in [1.82, 2.24) is 0 Å². The summed E-state index contributed by atoms with van der Waals surface area (Å²) in [5.74, 6) is 0. The van der Waals surface area contributed by atoms with Crippen molar-refractivity contribution in [3.63, 3.8) is 0 Å². The summed E-state index contributed by atoms with van der Waals surface area (Å²) in [5.41, 5.74) is -1.44. The van der Waals surface area contributed by atoms with Gasteiger partial charge in [0.05, 0.1) is 22.1 Å². The molecular formula is C10H7ClF3NO2S. The van der Waals surface area contributed by atoms with Gasteiger partial charge in [-0.3, -0.25) is 0 Å². The van der Waals surface area contributed by atoms with E-state index in [2.05, 4.69) is 0 Å². The van der Waals surface area contributed by atoms with Crippen LogP contribution in [-0.4, -0.2) is 8.42 Å². The maximum absolute atomic E-state index is 12.7. The number of benzene rings is 1. The van der Waals surface area contributed by atoms with Crippen LogP contribution < -0.4 is 0 Å². The Morgan fingerprint density at radius 1 is 1.39 bits per heavy atom. The Morgan fingerprint density at radius 2 is 1.94 bits per heavy atom. The van der Waals surface area contributed by atoms with E-state index in [4.69, 9.17) is 15.9 Å². The third-order valence-corrected chi connectivity index (χ3v) is 3.64. The normalized spacial score (nSPS) is 12.2. The Bertz CT molecular complexity index is 617. The van der Waals surface area contributed by atoms with Crippen LogP contribution in [0.15, 0.2) is 17.0 Å². The van der Waals surface area contributed by atoms with Gasteiger partial charge in [-0.05, 0) is 24.1 Å². The Kier molecular flexibility index (Phi) is 3.93. The van der Waals surface area contributed by atoms with Crippen molar-refractivity contribution in [3.8, 4) is 6.07 Å². The van der Waals surface area contributed by atoms with Crippen LogP contribution in [0.3, 0.4) is 0 Å². The lowest BCUT2D eigenvalue weighted by atomic mass is 10.0. The molecule has 0 spiro atoms. The molecule has 0 N–H and O–H groups in total. The molecule has 0 heterocycles. The first-order chi connectivity index (χ1) is 8.11. The van der Waals surface area contributed by atoms with Crippen LogP contribution in [0, 0.1) is 11.3 Å². The molecule has 0 fully saturated rings. The standard InChI is InChI=1S/C10H7ClF3NO2S/c1-2-6-4-9(18(11,16)17)8(10(12,13)14)3-7(6)5-15/h3-4H,2H2,1H3. The van der Waals surface area contributed by atoms with E-state index in [0.717, 1.165) is 6.07 Å². The third kappa shape index (κ3) is 2.94. The van der Waals surface area contributed by atoms with Crippen molar-refractivity contribution in [2.75, 3.05) is 0 Å². The molecule has 0 aliphatic heterocycles. The van der Waals surface area contributed by atoms with Gasteiger partial charge >= 0.3 is 6.18 Å². The Labute approximate surface area is 106 Å². The molecule has 0 unspecified atom stereocenters. The summed E-state index contributed by atoms with van der Waals surface area (Å²) in [6, 6.07) is 2.90. The number of halogens is 4. The van der Waals surface area contributed by atoms with E-state index in [1.54, 1.807) is 13.0 Å². The Morgan fingerprint density at radius 3 is 2.28 bits per heavy atom. The number of hydrogen-bond donors (Lipinski definition) is 0. The molecule has 0 radical (unpaired) electrons. The first kappa shape index (κ1) is 14.8. The van der Waals surface area contributed by atoms with E-state index in [1.165, 1.54) is 0 Å². The van der Waals surface area contributed by atoms with Crippen LogP contribution in [0.2, 0.25) is 0 Å². The number of alkyl halides is 3. The smallest absolute Gasteiger partial charge is 0.207 e. The van der Waals surface area contributed by atoms with Crippen LogP contribution in [0.25, 0.3) is 0 Å². The zero-order valence-electron chi connectivity index (χ0n) is 9.05. The van der Waals surface area contributed by atoms with E-state index < -0.39 is 25.7 Å². The van der Waals surface area contributed by atoms with Gasteiger partial charge in [0.2, 0.25) is 0 Å². The van der Waals surface area contributed by atoms with Crippen LogP contribution in [0.1, 0.15) is 23.6 Å². The summed E-state index contributed by atoms with van der Waals surface area (Å²) in [6.45, 7) is 1.59. The fourth-order valence-corrected chi connectivity index (χ4v) is 2.55. The maximum atomic E-state index is 12.7. The highest BCUT2D eigenvalue weighted by Gasteiger charge is 2.37. The second-order valence-electron chi connectivity index (χ2n) is 3.41. The Balaban J connectivity index is 3.75. The molecule has 0 atom stereocenters. The summed E-state index contributed by atoms with van der Waals surface area (Å²) in [4.78, 5) is -1.02. The lowest BCUT2D eigenvalue weighted by Crippen LogP contribution is -2.12. The molecule has 1 aromatic carbocycles. The molecular weight excluding hydrogens is 291 g/mol. The summed E-state index contributed by atoms with van der Waals surface area (Å²) < 4.78 is 60.4. The molecule has 1 rings (SSSR count). The van der Waals surface area contributed by atoms with Crippen molar-refractivity contribution in [2.24, 2.45) is 0 Å². The van der Waals surface area contributed by atoms with Crippen LogP contribution in [0.4, 0.5) is 13.2 Å². The van der Waals surface area contributed by atoms with E-state index in [9.17, 15) is 21.6 Å². The van der Waals surface area contributed by atoms with Gasteiger partial charge in [-0.15, -0.1) is 0 Å². The van der Waals surface area contributed by atoms with Gasteiger partial charge in [0.15, 0.2) is 0 Å². The largest absolute Gasteiger partial charge is 0.417 e. The molecule has 0 saturated heterocycles. The summed E-state index contributed by atoms with van der Waals surface area (Å²) in [7, 11) is 0.452. The number of nitrogens with zero attached hydrogens (tertiary/aromatic N) is 1. The van der Waals surface area contributed by atoms with E-state index in [1.807, 2.05) is 0 Å². The summed E-state index contributed by atoms with van der Waals surface area (Å²) in [5, 5.41) is 8.73.